The third kappa shape index (κ3) is 3.17. The van der Waals surface area contributed by atoms with E-state index >= 15 is 0 Å². The summed E-state index contributed by atoms with van der Waals surface area (Å²) < 4.78 is 0. The quantitative estimate of drug-likeness (QED) is 0.697. The molecule has 0 saturated heterocycles. The highest BCUT2D eigenvalue weighted by atomic mass is 15.1. The van der Waals surface area contributed by atoms with Gasteiger partial charge in [-0.05, 0) is 19.1 Å². The smallest absolute Gasteiger partial charge is 0.108 e. The number of nitrogens with one attached hydrogen (secondary N) is 1. The number of fused-ring (bicyclic) bond motifs is 1. The van der Waals surface area contributed by atoms with Crippen molar-refractivity contribution in [2.45, 2.75) is 34.6 Å². The lowest BCUT2D eigenvalue weighted by Crippen LogP contribution is -1.78. The van der Waals surface area contributed by atoms with E-state index in [1.54, 1.807) is 6.20 Å². The van der Waals surface area contributed by atoms with Crippen molar-refractivity contribution < 1.29 is 0 Å². The maximum absolute atomic E-state index is 4.24. The first-order chi connectivity index (χ1) is 6.86. The molecule has 3 nitrogen and oxygen atoms in total. The van der Waals surface area contributed by atoms with Gasteiger partial charge in [0, 0.05) is 5.69 Å². The first-order valence-corrected chi connectivity index (χ1v) is 5.13. The van der Waals surface area contributed by atoms with Gasteiger partial charge in [0.15, 0.2) is 0 Å². The van der Waals surface area contributed by atoms with E-state index in [4.69, 9.17) is 0 Å². The van der Waals surface area contributed by atoms with Crippen molar-refractivity contribution in [2.75, 3.05) is 0 Å². The average molecular weight is 193 g/mol. The van der Waals surface area contributed by atoms with Crippen LogP contribution in [-0.2, 0) is 0 Å². The lowest BCUT2D eigenvalue weighted by atomic mass is 10.3. The van der Waals surface area contributed by atoms with Gasteiger partial charge < -0.3 is 0 Å². The molecule has 2 heterocycles. The van der Waals surface area contributed by atoms with E-state index in [-0.39, 0.29) is 0 Å². The zero-order valence-corrected chi connectivity index (χ0v) is 9.63. The first kappa shape index (κ1) is 12.6. The number of hydrogen-bond acceptors (Lipinski definition) is 2. The number of H-pyrrole nitrogens is 1. The number of aryl methyl sites for hydroxylation is 1. The summed E-state index contributed by atoms with van der Waals surface area (Å²) in [5.74, 6) is 0. The number of aromatic amines is 1. The predicted octanol–water partition coefficient (Wildman–Crippen LogP) is 3.32. The standard InChI is InChI=1S/C7H7N3.2C2H6/c1-5-2-3-6-7(9-5)4-8-10-6;2*1-2/h2-4H,1H3,(H,8,10);2*1-2H3. The van der Waals surface area contributed by atoms with Crippen molar-refractivity contribution in [1.29, 1.82) is 0 Å². The Bertz CT molecular complexity index is 352. The lowest BCUT2D eigenvalue weighted by Gasteiger charge is -1.88. The minimum atomic E-state index is 0.931. The van der Waals surface area contributed by atoms with Gasteiger partial charge in [0.25, 0.3) is 0 Å². The van der Waals surface area contributed by atoms with Gasteiger partial charge in [-0.1, -0.05) is 27.7 Å². The van der Waals surface area contributed by atoms with Crippen molar-refractivity contribution >= 4 is 11.0 Å². The Kier molecular flexibility index (Phi) is 6.37. The highest BCUT2D eigenvalue weighted by molar-refractivity contribution is 5.72. The number of hydrogen-bond donors (Lipinski definition) is 1. The van der Waals surface area contributed by atoms with Crippen LogP contribution in [0.5, 0.6) is 0 Å². The van der Waals surface area contributed by atoms with Crippen LogP contribution in [0.4, 0.5) is 0 Å². The highest BCUT2D eigenvalue weighted by Gasteiger charge is 1.93. The van der Waals surface area contributed by atoms with E-state index in [0.29, 0.717) is 0 Å². The van der Waals surface area contributed by atoms with E-state index < -0.39 is 0 Å². The largest absolute Gasteiger partial charge is 0.276 e. The van der Waals surface area contributed by atoms with Crippen LogP contribution in [0.2, 0.25) is 0 Å². The Hall–Kier alpha value is -1.38. The van der Waals surface area contributed by atoms with Gasteiger partial charge in [-0.15, -0.1) is 0 Å². The summed E-state index contributed by atoms with van der Waals surface area (Å²) in [6.45, 7) is 9.96. The van der Waals surface area contributed by atoms with Crippen LogP contribution in [-0.4, -0.2) is 15.2 Å². The predicted molar refractivity (Wildman–Crippen MR) is 61.3 cm³/mol. The molecule has 0 spiro atoms. The van der Waals surface area contributed by atoms with Crippen LogP contribution < -0.4 is 0 Å². The maximum atomic E-state index is 4.24. The highest BCUT2D eigenvalue weighted by Crippen LogP contribution is 2.06. The molecular formula is C11H19N3. The maximum Gasteiger partial charge on any atom is 0.108 e. The summed E-state index contributed by atoms with van der Waals surface area (Å²) in [5.41, 5.74) is 2.94. The average Bonchev–Trinajstić information content (AvgIpc) is 2.71. The number of nitrogens with zero attached hydrogens (tertiary/aromatic N) is 2. The van der Waals surface area contributed by atoms with Gasteiger partial charge in [-0.3, -0.25) is 5.10 Å². The molecule has 0 aliphatic carbocycles. The molecule has 2 aromatic heterocycles. The fourth-order valence-corrected chi connectivity index (χ4v) is 0.933. The third-order valence-corrected chi connectivity index (χ3v) is 1.44. The molecule has 0 atom stereocenters. The fraction of sp³-hybridized carbons (Fsp3) is 0.455. The Balaban J connectivity index is 0.000000379. The molecule has 2 rings (SSSR count). The van der Waals surface area contributed by atoms with Gasteiger partial charge in [-0.2, -0.15) is 5.10 Å². The second-order valence-electron chi connectivity index (χ2n) is 2.26. The Labute approximate surface area is 85.6 Å². The monoisotopic (exact) mass is 193 g/mol. The molecule has 0 bridgehead atoms. The van der Waals surface area contributed by atoms with E-state index in [0.717, 1.165) is 16.7 Å². The minimum Gasteiger partial charge on any atom is -0.276 e. The molecule has 1 N–H and O–H groups in total. The zero-order valence-electron chi connectivity index (χ0n) is 9.63. The van der Waals surface area contributed by atoms with E-state index in [9.17, 15) is 0 Å². The molecule has 0 aliphatic rings. The molecule has 0 unspecified atom stereocenters. The van der Waals surface area contributed by atoms with Gasteiger partial charge in [0.2, 0.25) is 0 Å². The van der Waals surface area contributed by atoms with Crippen molar-refractivity contribution in [1.82, 2.24) is 15.2 Å². The number of rotatable bonds is 0. The van der Waals surface area contributed by atoms with E-state index in [1.807, 2.05) is 46.8 Å². The fourth-order valence-electron chi connectivity index (χ4n) is 0.933. The van der Waals surface area contributed by atoms with Crippen LogP contribution >= 0.6 is 0 Å². The third-order valence-electron chi connectivity index (χ3n) is 1.44. The second kappa shape index (κ2) is 7.06. The molecule has 0 aliphatic heterocycles. The Morgan fingerprint density at radius 1 is 1.07 bits per heavy atom. The van der Waals surface area contributed by atoms with Crippen LogP contribution in [0.25, 0.3) is 11.0 Å². The summed E-state index contributed by atoms with van der Waals surface area (Å²) in [5, 5.41) is 6.69. The minimum absolute atomic E-state index is 0.931. The first-order valence-electron chi connectivity index (χ1n) is 5.13. The molecule has 3 heteroatoms. The summed E-state index contributed by atoms with van der Waals surface area (Å²) >= 11 is 0. The van der Waals surface area contributed by atoms with Gasteiger partial charge >= 0.3 is 0 Å². The van der Waals surface area contributed by atoms with Crippen molar-refractivity contribution in [3.8, 4) is 0 Å². The van der Waals surface area contributed by atoms with Crippen LogP contribution in [0.3, 0.4) is 0 Å². The van der Waals surface area contributed by atoms with Crippen LogP contribution in [0, 0.1) is 6.92 Å². The van der Waals surface area contributed by atoms with Crippen molar-refractivity contribution in [3.63, 3.8) is 0 Å². The second-order valence-corrected chi connectivity index (χ2v) is 2.26. The van der Waals surface area contributed by atoms with Crippen LogP contribution in [0.1, 0.15) is 33.4 Å². The molecule has 0 fully saturated rings. The Morgan fingerprint density at radius 3 is 2.36 bits per heavy atom. The van der Waals surface area contributed by atoms with E-state index in [1.165, 1.54) is 0 Å². The SMILES string of the molecule is CC.CC.Cc1ccc2[nH]ncc2n1. The van der Waals surface area contributed by atoms with E-state index in [2.05, 4.69) is 15.2 Å². The van der Waals surface area contributed by atoms with Crippen molar-refractivity contribution in [2.24, 2.45) is 0 Å². The summed E-state index contributed by atoms with van der Waals surface area (Å²) in [7, 11) is 0. The summed E-state index contributed by atoms with van der Waals surface area (Å²) in [4.78, 5) is 4.24. The van der Waals surface area contributed by atoms with Crippen LogP contribution in [0.15, 0.2) is 18.3 Å². The molecule has 0 saturated carbocycles. The Morgan fingerprint density at radius 2 is 1.71 bits per heavy atom. The topological polar surface area (TPSA) is 41.6 Å². The summed E-state index contributed by atoms with van der Waals surface area (Å²) in [6, 6.07) is 3.94. The molecule has 0 aromatic carbocycles. The molecule has 0 radical (unpaired) electrons. The van der Waals surface area contributed by atoms with Gasteiger partial charge in [-0.25, -0.2) is 4.98 Å². The normalized spacial score (nSPS) is 8.36. The van der Waals surface area contributed by atoms with Crippen molar-refractivity contribution in [3.05, 3.63) is 24.0 Å². The molecular weight excluding hydrogens is 174 g/mol. The molecule has 2 aromatic rings. The molecule has 78 valence electrons. The molecule has 14 heavy (non-hydrogen) atoms. The van der Waals surface area contributed by atoms with Gasteiger partial charge in [0.1, 0.15) is 5.52 Å². The molecule has 0 amide bonds. The zero-order chi connectivity index (χ0) is 11.0. The number of aromatic nitrogens is 3. The lowest BCUT2D eigenvalue weighted by molar-refractivity contribution is 1.12. The number of pyridine rings is 1. The van der Waals surface area contributed by atoms with Gasteiger partial charge in [0.05, 0.1) is 11.7 Å². The summed E-state index contributed by atoms with van der Waals surface area (Å²) in [6.07, 6.45) is 1.72.